The summed E-state index contributed by atoms with van der Waals surface area (Å²) in [5, 5.41) is 3.19. The van der Waals surface area contributed by atoms with Crippen LogP contribution >= 0.6 is 0 Å². The zero-order chi connectivity index (χ0) is 13.3. The van der Waals surface area contributed by atoms with Crippen LogP contribution in [0.25, 0.3) is 0 Å². The topological polar surface area (TPSA) is 41.1 Å². The Hall–Kier alpha value is -1.32. The minimum atomic E-state index is 0.356. The molecule has 0 atom stereocenters. The molecular formula is C14H24N4. The zero-order valence-corrected chi connectivity index (χ0v) is 12.1. The summed E-state index contributed by atoms with van der Waals surface area (Å²) < 4.78 is 0. The fourth-order valence-corrected chi connectivity index (χ4v) is 2.27. The summed E-state index contributed by atoms with van der Waals surface area (Å²) in [6, 6.07) is 0.688. The van der Waals surface area contributed by atoms with Gasteiger partial charge in [0.2, 0.25) is 0 Å². The van der Waals surface area contributed by atoms with Crippen LogP contribution in [0.5, 0.6) is 0 Å². The quantitative estimate of drug-likeness (QED) is 0.870. The maximum atomic E-state index is 4.79. The Bertz CT molecular complexity index is 424. The van der Waals surface area contributed by atoms with Crippen LogP contribution in [0.3, 0.4) is 0 Å². The fraction of sp³-hybridized carbons (Fsp3) is 0.714. The second kappa shape index (κ2) is 5.12. The number of nitrogens with zero attached hydrogens (tertiary/aromatic N) is 3. The summed E-state index contributed by atoms with van der Waals surface area (Å²) in [5.41, 5.74) is 1.16. The molecule has 1 aromatic rings. The molecule has 1 heterocycles. The lowest BCUT2D eigenvalue weighted by molar-refractivity contribution is 0.743. The normalized spacial score (nSPS) is 15.0. The predicted molar refractivity (Wildman–Crippen MR) is 76.4 cm³/mol. The molecule has 1 fully saturated rings. The smallest absolute Gasteiger partial charge is 0.137 e. The number of anilines is 2. The highest BCUT2D eigenvalue weighted by atomic mass is 15.2. The molecule has 0 aliphatic heterocycles. The van der Waals surface area contributed by atoms with Gasteiger partial charge in [0, 0.05) is 31.1 Å². The van der Waals surface area contributed by atoms with Crippen LogP contribution < -0.4 is 10.2 Å². The van der Waals surface area contributed by atoms with Gasteiger partial charge in [0.25, 0.3) is 0 Å². The molecule has 0 spiro atoms. The van der Waals surface area contributed by atoms with E-state index in [4.69, 9.17) is 4.98 Å². The second-order valence-corrected chi connectivity index (χ2v) is 5.30. The van der Waals surface area contributed by atoms with Crippen molar-refractivity contribution in [3.63, 3.8) is 0 Å². The van der Waals surface area contributed by atoms with Crippen molar-refractivity contribution in [1.29, 1.82) is 0 Å². The van der Waals surface area contributed by atoms with E-state index in [0.717, 1.165) is 29.6 Å². The van der Waals surface area contributed by atoms with Gasteiger partial charge in [-0.3, -0.25) is 0 Å². The SMILES string of the molecule is CCN(c1nc(C(C)C)nc(NC)c1C)C1CC1. The van der Waals surface area contributed by atoms with Crippen molar-refractivity contribution in [2.45, 2.75) is 52.5 Å². The fourth-order valence-electron chi connectivity index (χ4n) is 2.27. The van der Waals surface area contributed by atoms with E-state index in [1.165, 1.54) is 12.8 Å². The molecule has 1 saturated carbocycles. The lowest BCUT2D eigenvalue weighted by Crippen LogP contribution is -2.28. The van der Waals surface area contributed by atoms with Gasteiger partial charge < -0.3 is 10.2 Å². The van der Waals surface area contributed by atoms with Gasteiger partial charge in [-0.05, 0) is 26.7 Å². The lowest BCUT2D eigenvalue weighted by atomic mass is 10.2. The molecule has 0 amide bonds. The molecule has 4 heteroatoms. The largest absolute Gasteiger partial charge is 0.373 e. The molecule has 1 N–H and O–H groups in total. The van der Waals surface area contributed by atoms with E-state index in [1.807, 2.05) is 7.05 Å². The molecule has 4 nitrogen and oxygen atoms in total. The van der Waals surface area contributed by atoms with E-state index in [1.54, 1.807) is 0 Å². The molecule has 0 aromatic carbocycles. The average molecular weight is 248 g/mol. The number of rotatable bonds is 5. The Balaban J connectivity index is 2.46. The van der Waals surface area contributed by atoms with Crippen molar-refractivity contribution in [3.05, 3.63) is 11.4 Å². The third kappa shape index (κ3) is 2.42. The Morgan fingerprint density at radius 3 is 2.44 bits per heavy atom. The van der Waals surface area contributed by atoms with Gasteiger partial charge in [-0.15, -0.1) is 0 Å². The number of nitrogens with one attached hydrogen (secondary N) is 1. The molecule has 100 valence electrons. The van der Waals surface area contributed by atoms with Crippen molar-refractivity contribution in [1.82, 2.24) is 9.97 Å². The number of hydrogen-bond donors (Lipinski definition) is 1. The van der Waals surface area contributed by atoms with E-state index >= 15 is 0 Å². The maximum Gasteiger partial charge on any atom is 0.137 e. The number of hydrogen-bond acceptors (Lipinski definition) is 4. The zero-order valence-electron chi connectivity index (χ0n) is 12.1. The van der Waals surface area contributed by atoms with E-state index in [9.17, 15) is 0 Å². The summed E-state index contributed by atoms with van der Waals surface area (Å²) in [6.07, 6.45) is 2.59. The lowest BCUT2D eigenvalue weighted by Gasteiger charge is -2.25. The van der Waals surface area contributed by atoms with E-state index in [-0.39, 0.29) is 0 Å². The van der Waals surface area contributed by atoms with Gasteiger partial charge in [0.1, 0.15) is 17.5 Å². The first-order chi connectivity index (χ1) is 8.58. The van der Waals surface area contributed by atoms with Crippen LogP contribution in [0.4, 0.5) is 11.6 Å². The predicted octanol–water partition coefficient (Wildman–Crippen LogP) is 2.94. The highest BCUT2D eigenvalue weighted by Gasteiger charge is 2.30. The summed E-state index contributed by atoms with van der Waals surface area (Å²) >= 11 is 0. The van der Waals surface area contributed by atoms with Crippen LogP contribution in [-0.2, 0) is 0 Å². The molecule has 0 saturated heterocycles. The molecule has 18 heavy (non-hydrogen) atoms. The highest BCUT2D eigenvalue weighted by molar-refractivity contribution is 5.59. The first kappa shape index (κ1) is 13.1. The van der Waals surface area contributed by atoms with Crippen molar-refractivity contribution >= 4 is 11.6 Å². The van der Waals surface area contributed by atoms with Gasteiger partial charge >= 0.3 is 0 Å². The molecule has 1 aromatic heterocycles. The second-order valence-electron chi connectivity index (χ2n) is 5.30. The van der Waals surface area contributed by atoms with Gasteiger partial charge in [0.05, 0.1) is 0 Å². The minimum absolute atomic E-state index is 0.356. The van der Waals surface area contributed by atoms with Crippen LogP contribution in [0.15, 0.2) is 0 Å². The van der Waals surface area contributed by atoms with E-state index < -0.39 is 0 Å². The molecule has 0 bridgehead atoms. The van der Waals surface area contributed by atoms with Crippen LogP contribution in [0.1, 0.15) is 50.9 Å². The standard InChI is InChI=1S/C14H24N4/c1-6-18(11-7-8-11)14-10(4)13(15-5)16-12(17-14)9(2)3/h9,11H,6-8H2,1-5H3,(H,15,16,17). The van der Waals surface area contributed by atoms with Crippen LogP contribution in [0.2, 0.25) is 0 Å². The van der Waals surface area contributed by atoms with Crippen LogP contribution in [0, 0.1) is 6.92 Å². The molecule has 2 rings (SSSR count). The Morgan fingerprint density at radius 1 is 1.33 bits per heavy atom. The van der Waals surface area contributed by atoms with Gasteiger partial charge in [0.15, 0.2) is 0 Å². The van der Waals surface area contributed by atoms with Gasteiger partial charge in [-0.1, -0.05) is 13.8 Å². The molecule has 1 aliphatic rings. The maximum absolute atomic E-state index is 4.79. The van der Waals surface area contributed by atoms with E-state index in [0.29, 0.717) is 12.0 Å². The van der Waals surface area contributed by atoms with Crippen molar-refractivity contribution in [2.75, 3.05) is 23.8 Å². The van der Waals surface area contributed by atoms with Crippen molar-refractivity contribution < 1.29 is 0 Å². The van der Waals surface area contributed by atoms with Crippen molar-refractivity contribution in [3.8, 4) is 0 Å². The molecule has 0 unspecified atom stereocenters. The van der Waals surface area contributed by atoms with Crippen molar-refractivity contribution in [2.24, 2.45) is 0 Å². The monoisotopic (exact) mass is 248 g/mol. The highest BCUT2D eigenvalue weighted by Crippen LogP contribution is 2.34. The Kier molecular flexibility index (Phi) is 3.73. The average Bonchev–Trinajstić information content (AvgIpc) is 3.16. The Morgan fingerprint density at radius 2 is 2.00 bits per heavy atom. The molecule has 0 radical (unpaired) electrons. The molecular weight excluding hydrogens is 224 g/mol. The summed E-state index contributed by atoms with van der Waals surface area (Å²) in [7, 11) is 1.93. The first-order valence-corrected chi connectivity index (χ1v) is 6.91. The van der Waals surface area contributed by atoms with Crippen LogP contribution in [-0.4, -0.2) is 29.6 Å². The minimum Gasteiger partial charge on any atom is -0.373 e. The third-order valence-electron chi connectivity index (χ3n) is 3.49. The Labute approximate surface area is 110 Å². The first-order valence-electron chi connectivity index (χ1n) is 6.91. The van der Waals surface area contributed by atoms with Gasteiger partial charge in [-0.25, -0.2) is 9.97 Å². The van der Waals surface area contributed by atoms with Gasteiger partial charge in [-0.2, -0.15) is 0 Å². The summed E-state index contributed by atoms with van der Waals surface area (Å²) in [5.74, 6) is 3.36. The molecule has 1 aliphatic carbocycles. The summed E-state index contributed by atoms with van der Waals surface area (Å²) in [4.78, 5) is 11.8. The third-order valence-corrected chi connectivity index (χ3v) is 3.49. The number of aromatic nitrogens is 2. The summed E-state index contributed by atoms with van der Waals surface area (Å²) in [6.45, 7) is 9.61. The van der Waals surface area contributed by atoms with E-state index in [2.05, 4.69) is 42.9 Å².